The highest BCUT2D eigenvalue weighted by Crippen LogP contribution is 2.12. The van der Waals surface area contributed by atoms with Crippen molar-refractivity contribution in [3.05, 3.63) is 22.4 Å². The van der Waals surface area contributed by atoms with Crippen LogP contribution in [0.25, 0.3) is 0 Å². The van der Waals surface area contributed by atoms with Gasteiger partial charge in [-0.2, -0.15) is 0 Å². The molecule has 1 radical (unpaired) electrons. The highest BCUT2D eigenvalue weighted by atomic mass is 32.1. The quantitative estimate of drug-likeness (QED) is 0.739. The molecule has 1 amide bonds. The third kappa shape index (κ3) is 5.07. The Bertz CT molecular complexity index is 322. The molecule has 0 aliphatic carbocycles. The van der Waals surface area contributed by atoms with E-state index in [0.717, 1.165) is 19.3 Å². The summed E-state index contributed by atoms with van der Waals surface area (Å²) in [5.41, 5.74) is 0. The topological polar surface area (TPSA) is 46.2 Å². The zero-order chi connectivity index (χ0) is 11.8. The molecule has 0 fully saturated rings. The standard InChI is InChI=1S/C12H16NO2S/c1-10(9-14)13-12(15)7-3-2-5-11-6-4-8-16-11/h4,6,8,10H,2-3,5,7H2,1H3,(H,13,15)/t10-/m0/s1. The summed E-state index contributed by atoms with van der Waals surface area (Å²) in [7, 11) is 0. The highest BCUT2D eigenvalue weighted by molar-refractivity contribution is 7.09. The zero-order valence-electron chi connectivity index (χ0n) is 9.36. The van der Waals surface area contributed by atoms with Gasteiger partial charge in [-0.1, -0.05) is 6.07 Å². The number of rotatable bonds is 7. The van der Waals surface area contributed by atoms with Crippen LogP contribution in [0.4, 0.5) is 0 Å². The lowest BCUT2D eigenvalue weighted by atomic mass is 10.1. The second-order valence-electron chi connectivity index (χ2n) is 3.69. The van der Waals surface area contributed by atoms with E-state index in [4.69, 9.17) is 0 Å². The van der Waals surface area contributed by atoms with E-state index in [-0.39, 0.29) is 5.91 Å². The molecular formula is C12H16NO2S. The zero-order valence-corrected chi connectivity index (χ0v) is 10.2. The second-order valence-corrected chi connectivity index (χ2v) is 4.73. The maximum Gasteiger partial charge on any atom is 0.222 e. The molecule has 0 spiro atoms. The molecule has 0 aliphatic heterocycles. The van der Waals surface area contributed by atoms with E-state index >= 15 is 0 Å². The number of hydrogen-bond donors (Lipinski definition) is 1. The number of nitrogens with one attached hydrogen (secondary N) is 1. The molecule has 0 aromatic carbocycles. The van der Waals surface area contributed by atoms with Crippen molar-refractivity contribution in [3.8, 4) is 0 Å². The van der Waals surface area contributed by atoms with E-state index in [1.165, 1.54) is 4.88 Å². The predicted molar refractivity (Wildman–Crippen MR) is 65.2 cm³/mol. The molecule has 1 rings (SSSR count). The highest BCUT2D eigenvalue weighted by Gasteiger charge is 2.06. The first-order valence-electron chi connectivity index (χ1n) is 5.42. The van der Waals surface area contributed by atoms with Gasteiger partial charge in [-0.3, -0.25) is 9.59 Å². The van der Waals surface area contributed by atoms with Crippen LogP contribution in [-0.2, 0) is 16.0 Å². The number of aryl methyl sites for hydroxylation is 1. The van der Waals surface area contributed by atoms with Crippen LogP contribution in [0.5, 0.6) is 0 Å². The molecule has 4 heteroatoms. The Morgan fingerprint density at radius 2 is 2.38 bits per heavy atom. The van der Waals surface area contributed by atoms with Crippen LogP contribution in [0.2, 0.25) is 0 Å². The minimum absolute atomic E-state index is 0.0676. The van der Waals surface area contributed by atoms with Gasteiger partial charge in [0.1, 0.15) is 0 Å². The third-order valence-corrected chi connectivity index (χ3v) is 3.15. The van der Waals surface area contributed by atoms with Crippen molar-refractivity contribution in [1.82, 2.24) is 5.32 Å². The summed E-state index contributed by atoms with van der Waals surface area (Å²) in [5.74, 6) is -0.0676. The van der Waals surface area contributed by atoms with Gasteiger partial charge in [-0.15, -0.1) is 11.3 Å². The van der Waals surface area contributed by atoms with Crippen LogP contribution in [0, 0.1) is 0 Å². The molecule has 0 aliphatic rings. The van der Waals surface area contributed by atoms with Gasteiger partial charge in [0.25, 0.3) is 0 Å². The second kappa shape index (κ2) is 7.17. The Hall–Kier alpha value is -1.16. The van der Waals surface area contributed by atoms with Crippen LogP contribution in [0.15, 0.2) is 17.5 Å². The van der Waals surface area contributed by atoms with Gasteiger partial charge >= 0.3 is 0 Å². The Labute approximate surface area is 99.9 Å². The number of thiophene rings is 1. The number of carbonyl (C=O) groups excluding carboxylic acids is 2. The van der Waals surface area contributed by atoms with Crippen molar-refractivity contribution in [2.24, 2.45) is 0 Å². The normalized spacial score (nSPS) is 12.1. The van der Waals surface area contributed by atoms with Gasteiger partial charge in [0.05, 0.1) is 6.04 Å². The fourth-order valence-electron chi connectivity index (χ4n) is 1.38. The van der Waals surface area contributed by atoms with E-state index < -0.39 is 6.04 Å². The number of amides is 1. The molecule has 87 valence electrons. The van der Waals surface area contributed by atoms with Gasteiger partial charge < -0.3 is 5.32 Å². The smallest absolute Gasteiger partial charge is 0.222 e. The monoisotopic (exact) mass is 238 g/mol. The van der Waals surface area contributed by atoms with E-state index in [1.807, 2.05) is 6.07 Å². The molecule has 16 heavy (non-hydrogen) atoms. The van der Waals surface area contributed by atoms with Crippen molar-refractivity contribution in [2.45, 2.75) is 38.6 Å². The lowest BCUT2D eigenvalue weighted by Crippen LogP contribution is -2.33. The fourth-order valence-corrected chi connectivity index (χ4v) is 2.13. The van der Waals surface area contributed by atoms with Gasteiger partial charge in [-0.05, 0) is 37.6 Å². The molecule has 1 N–H and O–H groups in total. The van der Waals surface area contributed by atoms with Crippen molar-refractivity contribution >= 4 is 23.5 Å². The first-order valence-corrected chi connectivity index (χ1v) is 6.29. The first-order chi connectivity index (χ1) is 7.72. The Morgan fingerprint density at radius 1 is 1.56 bits per heavy atom. The minimum atomic E-state index is -0.496. The molecule has 0 saturated carbocycles. The fraction of sp³-hybridized carbons (Fsp3) is 0.500. The Kier molecular flexibility index (Phi) is 5.78. The Morgan fingerprint density at radius 3 is 3.00 bits per heavy atom. The first kappa shape index (κ1) is 12.9. The number of hydrogen-bond acceptors (Lipinski definition) is 3. The molecule has 3 nitrogen and oxygen atoms in total. The van der Waals surface area contributed by atoms with Crippen molar-refractivity contribution in [1.29, 1.82) is 0 Å². The van der Waals surface area contributed by atoms with Gasteiger partial charge in [-0.25, -0.2) is 0 Å². The largest absolute Gasteiger partial charge is 0.346 e. The van der Waals surface area contributed by atoms with Crippen LogP contribution in [-0.4, -0.2) is 18.2 Å². The maximum atomic E-state index is 11.3. The Balaban J connectivity index is 2.06. The predicted octanol–water partition coefficient (Wildman–Crippen LogP) is 2.08. The molecule has 1 aromatic heterocycles. The SMILES string of the molecule is C[C@@H]([C]=O)NC(=O)CCCCc1cccs1. The van der Waals surface area contributed by atoms with Gasteiger partial charge in [0, 0.05) is 11.3 Å². The molecular weight excluding hydrogens is 222 g/mol. The van der Waals surface area contributed by atoms with E-state index in [2.05, 4.69) is 16.8 Å². The molecule has 1 heterocycles. The number of unbranched alkanes of at least 4 members (excludes halogenated alkanes) is 1. The van der Waals surface area contributed by atoms with Crippen molar-refractivity contribution < 1.29 is 9.59 Å². The van der Waals surface area contributed by atoms with Gasteiger partial charge in [0.15, 0.2) is 0 Å². The average Bonchev–Trinajstić information content (AvgIpc) is 2.77. The summed E-state index contributed by atoms with van der Waals surface area (Å²) in [5, 5.41) is 4.62. The molecule has 0 bridgehead atoms. The summed E-state index contributed by atoms with van der Waals surface area (Å²) in [6.07, 6.45) is 5.10. The van der Waals surface area contributed by atoms with Crippen LogP contribution in [0.3, 0.4) is 0 Å². The van der Waals surface area contributed by atoms with Crippen LogP contribution >= 0.6 is 11.3 Å². The van der Waals surface area contributed by atoms with Gasteiger partial charge in [0.2, 0.25) is 12.2 Å². The van der Waals surface area contributed by atoms with E-state index in [0.29, 0.717) is 6.42 Å². The third-order valence-electron chi connectivity index (χ3n) is 2.21. The summed E-state index contributed by atoms with van der Waals surface area (Å²) in [6.45, 7) is 1.62. The van der Waals surface area contributed by atoms with Crippen LogP contribution < -0.4 is 5.32 Å². The maximum absolute atomic E-state index is 11.3. The van der Waals surface area contributed by atoms with E-state index in [9.17, 15) is 9.59 Å². The molecule has 0 saturated heterocycles. The van der Waals surface area contributed by atoms with Crippen molar-refractivity contribution in [3.63, 3.8) is 0 Å². The summed E-state index contributed by atoms with van der Waals surface area (Å²) in [6, 6.07) is 3.65. The molecule has 0 unspecified atom stereocenters. The minimum Gasteiger partial charge on any atom is -0.346 e. The van der Waals surface area contributed by atoms with Crippen molar-refractivity contribution in [2.75, 3.05) is 0 Å². The van der Waals surface area contributed by atoms with E-state index in [1.54, 1.807) is 24.5 Å². The van der Waals surface area contributed by atoms with Crippen LogP contribution in [0.1, 0.15) is 31.1 Å². The lowest BCUT2D eigenvalue weighted by Gasteiger charge is -2.05. The molecule has 1 atom stereocenters. The average molecular weight is 238 g/mol. The summed E-state index contributed by atoms with van der Waals surface area (Å²) < 4.78 is 0. The summed E-state index contributed by atoms with van der Waals surface area (Å²) in [4.78, 5) is 22.8. The molecule has 1 aromatic rings. The summed E-state index contributed by atoms with van der Waals surface area (Å²) >= 11 is 1.74. The lowest BCUT2D eigenvalue weighted by molar-refractivity contribution is -0.121. The number of carbonyl (C=O) groups is 1.